The zero-order chi connectivity index (χ0) is 32.9. The quantitative estimate of drug-likeness (QED) is 0.0424. The van der Waals surface area contributed by atoms with Gasteiger partial charge in [0.2, 0.25) is 0 Å². The molecule has 0 spiro atoms. The molecule has 1 N–H and O–H groups in total. The summed E-state index contributed by atoms with van der Waals surface area (Å²) < 4.78 is 6.14. The van der Waals surface area contributed by atoms with Gasteiger partial charge >= 0.3 is 0 Å². The first-order valence-electron chi connectivity index (χ1n) is 20.0. The number of nitrogens with zero attached hydrogens (tertiary/aromatic N) is 1. The molecular formula is C42H81NO2. The van der Waals surface area contributed by atoms with Gasteiger partial charge in [0.1, 0.15) is 0 Å². The molecule has 0 amide bonds. The second-order valence-corrected chi connectivity index (χ2v) is 14.0. The van der Waals surface area contributed by atoms with Crippen molar-refractivity contribution in [2.75, 3.05) is 27.2 Å². The monoisotopic (exact) mass is 632 g/mol. The summed E-state index contributed by atoms with van der Waals surface area (Å²) in [5.41, 5.74) is 0. The Hall–Kier alpha value is -0.900. The molecule has 3 heteroatoms. The highest BCUT2D eigenvalue weighted by molar-refractivity contribution is 4.92. The Morgan fingerprint density at radius 3 is 1.27 bits per heavy atom. The average Bonchev–Trinajstić information content (AvgIpc) is 3.02. The standard InChI is InChI=1S/C42H81NO2/c1-5-7-9-11-13-15-17-19-21-23-25-27-29-31-33-35-38-42(44,45-41-37-40-43(3)4)39-36-34-32-30-28-26-24-22-20-18-16-14-12-10-8-6-2/h13,15,19-22,44H,5-12,14,16-18,23-41H2,1-4H3/b15-13-,21-19-,22-20-/t42-/m1/s1. The van der Waals surface area contributed by atoms with Crippen LogP contribution in [-0.4, -0.2) is 43.0 Å². The average molecular weight is 632 g/mol. The predicted molar refractivity (Wildman–Crippen MR) is 202 cm³/mol. The van der Waals surface area contributed by atoms with E-state index < -0.39 is 5.79 Å². The van der Waals surface area contributed by atoms with Gasteiger partial charge in [-0.1, -0.05) is 147 Å². The smallest absolute Gasteiger partial charge is 0.165 e. The van der Waals surface area contributed by atoms with Gasteiger partial charge in [-0.3, -0.25) is 0 Å². The third kappa shape index (κ3) is 35.8. The number of unbranched alkanes of at least 4 members (excludes halogenated alkanes) is 21. The Bertz CT molecular complexity index is 655. The van der Waals surface area contributed by atoms with Gasteiger partial charge < -0.3 is 14.7 Å². The van der Waals surface area contributed by atoms with Crippen LogP contribution in [0.3, 0.4) is 0 Å². The predicted octanol–water partition coefficient (Wildman–Crippen LogP) is 13.3. The Balaban J connectivity index is 3.95. The lowest BCUT2D eigenvalue weighted by molar-refractivity contribution is -0.214. The molecule has 0 fully saturated rings. The van der Waals surface area contributed by atoms with E-state index in [4.69, 9.17) is 4.74 Å². The van der Waals surface area contributed by atoms with E-state index in [2.05, 4.69) is 69.3 Å². The van der Waals surface area contributed by atoms with E-state index in [9.17, 15) is 5.11 Å². The van der Waals surface area contributed by atoms with Crippen LogP contribution in [-0.2, 0) is 4.74 Å². The molecule has 0 unspecified atom stereocenters. The molecule has 0 aliphatic heterocycles. The van der Waals surface area contributed by atoms with Crippen LogP contribution in [0.15, 0.2) is 36.5 Å². The number of allylic oxidation sites excluding steroid dienone is 6. The zero-order valence-electron chi connectivity index (χ0n) is 31.2. The van der Waals surface area contributed by atoms with E-state index in [0.29, 0.717) is 6.61 Å². The first-order chi connectivity index (χ1) is 22.0. The number of aliphatic hydroxyl groups is 1. The molecule has 0 radical (unpaired) electrons. The molecule has 0 bridgehead atoms. The fourth-order valence-electron chi connectivity index (χ4n) is 5.95. The molecule has 0 aromatic heterocycles. The second-order valence-electron chi connectivity index (χ2n) is 14.0. The summed E-state index contributed by atoms with van der Waals surface area (Å²) in [6, 6.07) is 0. The van der Waals surface area contributed by atoms with Crippen molar-refractivity contribution in [3.05, 3.63) is 36.5 Å². The molecule has 0 aliphatic carbocycles. The minimum Gasteiger partial charge on any atom is -0.365 e. The highest BCUT2D eigenvalue weighted by Gasteiger charge is 2.26. The van der Waals surface area contributed by atoms with Crippen LogP contribution in [0, 0.1) is 0 Å². The van der Waals surface area contributed by atoms with Crippen molar-refractivity contribution in [1.82, 2.24) is 4.90 Å². The van der Waals surface area contributed by atoms with Crippen molar-refractivity contribution in [1.29, 1.82) is 0 Å². The van der Waals surface area contributed by atoms with Gasteiger partial charge in [-0.25, -0.2) is 0 Å². The van der Waals surface area contributed by atoms with Gasteiger partial charge in [-0.2, -0.15) is 0 Å². The van der Waals surface area contributed by atoms with Crippen LogP contribution >= 0.6 is 0 Å². The van der Waals surface area contributed by atoms with Crippen LogP contribution in [0.2, 0.25) is 0 Å². The summed E-state index contributed by atoms with van der Waals surface area (Å²) >= 11 is 0. The van der Waals surface area contributed by atoms with Crippen molar-refractivity contribution in [3.8, 4) is 0 Å². The van der Waals surface area contributed by atoms with Gasteiger partial charge in [0.05, 0.1) is 6.61 Å². The first-order valence-corrected chi connectivity index (χ1v) is 20.0. The fourth-order valence-corrected chi connectivity index (χ4v) is 5.95. The Morgan fingerprint density at radius 2 is 0.822 bits per heavy atom. The molecule has 0 aliphatic rings. The lowest BCUT2D eigenvalue weighted by Crippen LogP contribution is -2.33. The van der Waals surface area contributed by atoms with E-state index in [1.807, 2.05) is 0 Å². The fraction of sp³-hybridized carbons (Fsp3) is 0.857. The molecule has 3 nitrogen and oxygen atoms in total. The number of ether oxygens (including phenoxy) is 1. The van der Waals surface area contributed by atoms with Gasteiger partial charge in [0.25, 0.3) is 0 Å². The summed E-state index contributed by atoms with van der Waals surface area (Å²) in [7, 11) is 4.20. The zero-order valence-corrected chi connectivity index (χ0v) is 31.2. The molecule has 0 saturated heterocycles. The highest BCUT2D eigenvalue weighted by atomic mass is 16.6. The Labute approximate surface area is 283 Å². The minimum absolute atomic E-state index is 0.656. The lowest BCUT2D eigenvalue weighted by Gasteiger charge is -2.29. The van der Waals surface area contributed by atoms with Crippen molar-refractivity contribution < 1.29 is 9.84 Å². The molecule has 0 aromatic rings. The molecule has 45 heavy (non-hydrogen) atoms. The van der Waals surface area contributed by atoms with Crippen LogP contribution in [0.5, 0.6) is 0 Å². The summed E-state index contributed by atoms with van der Waals surface area (Å²) in [6.07, 6.45) is 50.1. The van der Waals surface area contributed by atoms with Crippen LogP contribution in [0.4, 0.5) is 0 Å². The molecular weight excluding hydrogens is 550 g/mol. The van der Waals surface area contributed by atoms with Crippen molar-refractivity contribution >= 4 is 0 Å². The Morgan fingerprint density at radius 1 is 0.467 bits per heavy atom. The molecule has 0 aromatic carbocycles. The molecule has 0 heterocycles. The normalized spacial score (nSPS) is 13.7. The highest BCUT2D eigenvalue weighted by Crippen LogP contribution is 2.25. The van der Waals surface area contributed by atoms with Gasteiger partial charge in [-0.05, 0) is 97.7 Å². The van der Waals surface area contributed by atoms with Gasteiger partial charge in [-0.15, -0.1) is 0 Å². The summed E-state index contributed by atoms with van der Waals surface area (Å²) in [4.78, 5) is 2.19. The van der Waals surface area contributed by atoms with Crippen molar-refractivity contribution in [2.24, 2.45) is 0 Å². The van der Waals surface area contributed by atoms with Crippen molar-refractivity contribution in [2.45, 2.75) is 206 Å². The number of hydrogen-bond donors (Lipinski definition) is 1. The summed E-state index contributed by atoms with van der Waals surface area (Å²) in [5.74, 6) is -0.928. The largest absolute Gasteiger partial charge is 0.365 e. The number of hydrogen-bond acceptors (Lipinski definition) is 3. The second kappa shape index (κ2) is 35.9. The minimum atomic E-state index is -0.928. The maximum Gasteiger partial charge on any atom is 0.165 e. The molecule has 266 valence electrons. The third-order valence-electron chi connectivity index (χ3n) is 8.97. The van der Waals surface area contributed by atoms with Crippen LogP contribution in [0.1, 0.15) is 200 Å². The lowest BCUT2D eigenvalue weighted by atomic mass is 9.98. The SMILES string of the molecule is CCCCC/C=C\C/C=C\CCCCCCCC[C@](O)(CCCCCCCC/C=C\CCCCCCCC)OCCCN(C)C. The Kier molecular flexibility index (Phi) is 35.2. The topological polar surface area (TPSA) is 32.7 Å². The number of rotatable bonds is 36. The van der Waals surface area contributed by atoms with Gasteiger partial charge in [0, 0.05) is 12.8 Å². The maximum atomic E-state index is 11.4. The van der Waals surface area contributed by atoms with Crippen LogP contribution < -0.4 is 0 Å². The van der Waals surface area contributed by atoms with E-state index >= 15 is 0 Å². The maximum absolute atomic E-state index is 11.4. The summed E-state index contributed by atoms with van der Waals surface area (Å²) in [6.45, 7) is 6.21. The third-order valence-corrected chi connectivity index (χ3v) is 8.97. The molecule has 1 atom stereocenters. The first kappa shape index (κ1) is 44.1. The van der Waals surface area contributed by atoms with Crippen LogP contribution in [0.25, 0.3) is 0 Å². The molecule has 0 rings (SSSR count). The van der Waals surface area contributed by atoms with Gasteiger partial charge in [0.15, 0.2) is 5.79 Å². The van der Waals surface area contributed by atoms with E-state index in [0.717, 1.165) is 45.1 Å². The molecule has 0 saturated carbocycles. The van der Waals surface area contributed by atoms with Crippen molar-refractivity contribution in [3.63, 3.8) is 0 Å². The summed E-state index contributed by atoms with van der Waals surface area (Å²) in [5, 5.41) is 11.4. The van der Waals surface area contributed by atoms with E-state index in [1.165, 1.54) is 148 Å². The van der Waals surface area contributed by atoms with E-state index in [1.54, 1.807) is 0 Å². The van der Waals surface area contributed by atoms with E-state index in [-0.39, 0.29) is 0 Å².